The van der Waals surface area contributed by atoms with Gasteiger partial charge in [-0.2, -0.15) is 0 Å². The van der Waals surface area contributed by atoms with E-state index < -0.39 is 0 Å². The van der Waals surface area contributed by atoms with Crippen LogP contribution in [0, 0.1) is 0 Å². The Hall–Kier alpha value is -4.26. The molecule has 1 aromatic carbocycles. The van der Waals surface area contributed by atoms with Crippen LogP contribution < -0.4 is 9.47 Å². The zero-order chi connectivity index (χ0) is 19.5. The fraction of sp³-hybridized carbons (Fsp3) is 0. The second-order valence-corrected chi connectivity index (χ2v) is 6.20. The Kier molecular flexibility index (Phi) is 4.31. The first kappa shape index (κ1) is 16.9. The van der Waals surface area contributed by atoms with Crippen molar-refractivity contribution in [2.45, 2.75) is 0 Å². The molecule has 0 spiro atoms. The van der Waals surface area contributed by atoms with Gasteiger partial charge < -0.3 is 14.5 Å². The molecular weight excluding hydrogens is 366 g/mol. The zero-order valence-electron chi connectivity index (χ0n) is 15.2. The van der Waals surface area contributed by atoms with Crippen LogP contribution in [-0.4, -0.2) is 24.9 Å². The number of aromatic nitrogens is 5. The third-order valence-electron chi connectivity index (χ3n) is 4.16. The van der Waals surface area contributed by atoms with Gasteiger partial charge in [0.05, 0.1) is 17.9 Å². The highest BCUT2D eigenvalue weighted by Gasteiger charge is 2.15. The monoisotopic (exact) mass is 381 g/mol. The van der Waals surface area contributed by atoms with Crippen molar-refractivity contribution < 1.29 is 9.47 Å². The Morgan fingerprint density at radius 2 is 1.52 bits per heavy atom. The number of rotatable bonds is 5. The normalized spacial score (nSPS) is 10.8. The van der Waals surface area contributed by atoms with Crippen LogP contribution in [0.2, 0.25) is 0 Å². The number of benzene rings is 1. The van der Waals surface area contributed by atoms with Crippen LogP contribution >= 0.6 is 0 Å². The molecule has 4 heterocycles. The van der Waals surface area contributed by atoms with Gasteiger partial charge >= 0.3 is 0 Å². The van der Waals surface area contributed by atoms with Gasteiger partial charge in [0.15, 0.2) is 11.6 Å². The first-order valence-electron chi connectivity index (χ1n) is 8.96. The summed E-state index contributed by atoms with van der Waals surface area (Å²) in [6.45, 7) is 0. The number of nitrogens with zero attached hydrogens (tertiary/aromatic N) is 4. The van der Waals surface area contributed by atoms with E-state index in [9.17, 15) is 0 Å². The van der Waals surface area contributed by atoms with E-state index in [4.69, 9.17) is 14.5 Å². The van der Waals surface area contributed by atoms with Gasteiger partial charge in [-0.15, -0.1) is 0 Å². The van der Waals surface area contributed by atoms with E-state index in [0.717, 1.165) is 11.2 Å². The number of pyridine rings is 3. The molecule has 0 saturated heterocycles. The lowest BCUT2D eigenvalue weighted by molar-refractivity contribution is 0.461. The smallest absolute Gasteiger partial charge is 0.159 e. The zero-order valence-corrected chi connectivity index (χ0v) is 15.2. The summed E-state index contributed by atoms with van der Waals surface area (Å²) < 4.78 is 12.0. The minimum absolute atomic E-state index is 0.549. The lowest BCUT2D eigenvalue weighted by atomic mass is 10.2. The van der Waals surface area contributed by atoms with Crippen LogP contribution in [0.5, 0.6) is 23.0 Å². The van der Waals surface area contributed by atoms with E-state index in [0.29, 0.717) is 34.3 Å². The number of ether oxygens (including phenoxy) is 2. The fourth-order valence-electron chi connectivity index (χ4n) is 2.90. The van der Waals surface area contributed by atoms with Crippen molar-refractivity contribution in [1.29, 1.82) is 0 Å². The highest BCUT2D eigenvalue weighted by atomic mass is 16.5. The molecule has 5 aromatic rings. The highest BCUT2D eigenvalue weighted by Crippen LogP contribution is 2.35. The summed E-state index contributed by atoms with van der Waals surface area (Å²) in [4.78, 5) is 20.5. The summed E-state index contributed by atoms with van der Waals surface area (Å²) in [5.74, 6) is 3.03. The molecule has 0 radical (unpaired) electrons. The number of nitrogens with one attached hydrogen (secondary N) is 1. The SMILES string of the molecule is c1ccc(-c2nc3c(Oc4cccnc4)cc(Oc4cccnc4)cc3[nH]2)nc1. The molecule has 0 amide bonds. The van der Waals surface area contributed by atoms with Crippen molar-refractivity contribution in [3.63, 3.8) is 0 Å². The van der Waals surface area contributed by atoms with Crippen LogP contribution in [0.1, 0.15) is 0 Å². The molecule has 0 aliphatic heterocycles. The van der Waals surface area contributed by atoms with Gasteiger partial charge in [0.1, 0.15) is 28.5 Å². The van der Waals surface area contributed by atoms with E-state index in [-0.39, 0.29) is 0 Å². The van der Waals surface area contributed by atoms with E-state index in [1.807, 2.05) is 48.5 Å². The number of imidazole rings is 1. The summed E-state index contributed by atoms with van der Waals surface area (Å²) in [6.07, 6.45) is 8.41. The predicted molar refractivity (Wildman–Crippen MR) is 108 cm³/mol. The Balaban J connectivity index is 1.61. The number of aromatic amines is 1. The molecule has 0 unspecified atom stereocenters. The number of hydrogen-bond donors (Lipinski definition) is 1. The van der Waals surface area contributed by atoms with Gasteiger partial charge in [0, 0.05) is 30.7 Å². The first-order valence-corrected chi connectivity index (χ1v) is 8.96. The largest absolute Gasteiger partial charge is 0.456 e. The maximum Gasteiger partial charge on any atom is 0.159 e. The molecule has 140 valence electrons. The molecule has 7 heteroatoms. The predicted octanol–water partition coefficient (Wildman–Crippen LogP) is 5.00. The van der Waals surface area contributed by atoms with E-state index in [2.05, 4.69) is 19.9 Å². The molecule has 0 aliphatic rings. The minimum atomic E-state index is 0.549. The summed E-state index contributed by atoms with van der Waals surface area (Å²) >= 11 is 0. The molecule has 1 N–H and O–H groups in total. The average Bonchev–Trinajstić information content (AvgIpc) is 3.20. The van der Waals surface area contributed by atoms with Crippen LogP contribution in [0.4, 0.5) is 0 Å². The van der Waals surface area contributed by atoms with E-state index in [1.165, 1.54) is 0 Å². The number of fused-ring (bicyclic) bond motifs is 1. The van der Waals surface area contributed by atoms with E-state index >= 15 is 0 Å². The molecular formula is C22H15N5O2. The molecule has 0 atom stereocenters. The summed E-state index contributed by atoms with van der Waals surface area (Å²) in [5.41, 5.74) is 2.18. The Morgan fingerprint density at radius 1 is 0.724 bits per heavy atom. The van der Waals surface area contributed by atoms with Crippen molar-refractivity contribution in [3.8, 4) is 34.5 Å². The maximum absolute atomic E-state index is 6.06. The maximum atomic E-state index is 6.06. The van der Waals surface area contributed by atoms with Gasteiger partial charge in [0.2, 0.25) is 0 Å². The van der Waals surface area contributed by atoms with Gasteiger partial charge in [-0.1, -0.05) is 6.07 Å². The molecule has 5 rings (SSSR count). The Bertz CT molecular complexity index is 1240. The quantitative estimate of drug-likeness (QED) is 0.461. The first-order chi connectivity index (χ1) is 14.3. The summed E-state index contributed by atoms with van der Waals surface area (Å²) in [7, 11) is 0. The molecule has 0 saturated carbocycles. The molecule has 0 fully saturated rings. The molecule has 7 nitrogen and oxygen atoms in total. The second kappa shape index (κ2) is 7.40. The Morgan fingerprint density at radius 3 is 2.21 bits per heavy atom. The lowest BCUT2D eigenvalue weighted by Crippen LogP contribution is -1.90. The molecule has 29 heavy (non-hydrogen) atoms. The highest BCUT2D eigenvalue weighted by molar-refractivity contribution is 5.86. The van der Waals surface area contributed by atoms with Gasteiger partial charge in [-0.25, -0.2) is 4.98 Å². The summed E-state index contributed by atoms with van der Waals surface area (Å²) in [5, 5.41) is 0. The van der Waals surface area contributed by atoms with E-state index in [1.54, 1.807) is 37.1 Å². The fourth-order valence-corrected chi connectivity index (χ4v) is 2.90. The summed E-state index contributed by atoms with van der Waals surface area (Å²) in [6, 6.07) is 16.6. The number of hydrogen-bond acceptors (Lipinski definition) is 6. The van der Waals surface area contributed by atoms with Gasteiger partial charge in [-0.05, 0) is 36.4 Å². The molecule has 0 bridgehead atoms. The van der Waals surface area contributed by atoms with Gasteiger partial charge in [-0.3, -0.25) is 15.0 Å². The van der Waals surface area contributed by atoms with Crippen molar-refractivity contribution in [2.75, 3.05) is 0 Å². The average molecular weight is 381 g/mol. The van der Waals surface area contributed by atoms with Crippen LogP contribution in [0.25, 0.3) is 22.6 Å². The minimum Gasteiger partial charge on any atom is -0.456 e. The second-order valence-electron chi connectivity index (χ2n) is 6.20. The third kappa shape index (κ3) is 3.61. The molecule has 4 aromatic heterocycles. The van der Waals surface area contributed by atoms with Crippen molar-refractivity contribution in [1.82, 2.24) is 24.9 Å². The van der Waals surface area contributed by atoms with Gasteiger partial charge in [0.25, 0.3) is 0 Å². The van der Waals surface area contributed by atoms with Crippen LogP contribution in [0.15, 0.2) is 85.6 Å². The topological polar surface area (TPSA) is 85.8 Å². The third-order valence-corrected chi connectivity index (χ3v) is 4.16. The van der Waals surface area contributed by atoms with Crippen LogP contribution in [0.3, 0.4) is 0 Å². The lowest BCUT2D eigenvalue weighted by Gasteiger charge is -2.09. The van der Waals surface area contributed by atoms with Crippen molar-refractivity contribution in [3.05, 3.63) is 85.6 Å². The standard InChI is InChI=1S/C22H15N5O2/c1-2-10-25-18(7-1)22-26-19-11-17(28-15-5-3-8-23-13-15)12-20(21(19)27-22)29-16-6-4-9-24-14-16/h1-14H,(H,26,27). The van der Waals surface area contributed by atoms with Crippen molar-refractivity contribution in [2.24, 2.45) is 0 Å². The Labute approximate surface area is 166 Å². The molecule has 0 aliphatic carbocycles. The van der Waals surface area contributed by atoms with Crippen molar-refractivity contribution >= 4 is 11.0 Å². The van der Waals surface area contributed by atoms with Crippen LogP contribution in [-0.2, 0) is 0 Å². The number of H-pyrrole nitrogens is 1.